The van der Waals surface area contributed by atoms with E-state index in [1.807, 2.05) is 30.3 Å². The molecule has 0 unspecified atom stereocenters. The Labute approximate surface area is 179 Å². The van der Waals surface area contributed by atoms with Crippen molar-refractivity contribution in [1.82, 2.24) is 15.2 Å². The largest absolute Gasteiger partial charge is 0.459 e. The number of ether oxygens (including phenoxy) is 1. The molecular formula is C23H22FN3O2S. The SMILES string of the molecule is Fc1ccc(-c2ccc([C@@H]3[C@@H](c4ccccn4)NC(=S)N3C[C@@H]3CCCO3)o2)cc1. The Morgan fingerprint density at radius 3 is 2.73 bits per heavy atom. The molecule has 0 radical (unpaired) electrons. The van der Waals surface area contributed by atoms with Gasteiger partial charge in [-0.25, -0.2) is 4.39 Å². The molecule has 1 aromatic carbocycles. The molecule has 1 N–H and O–H groups in total. The van der Waals surface area contributed by atoms with Crippen LogP contribution in [0.1, 0.15) is 36.4 Å². The lowest BCUT2D eigenvalue weighted by atomic mass is 10.0. The summed E-state index contributed by atoms with van der Waals surface area (Å²) in [7, 11) is 0. The van der Waals surface area contributed by atoms with Crippen LogP contribution in [-0.4, -0.2) is 34.3 Å². The van der Waals surface area contributed by atoms with Gasteiger partial charge in [0, 0.05) is 24.9 Å². The van der Waals surface area contributed by atoms with Crippen LogP contribution < -0.4 is 5.32 Å². The zero-order valence-electron chi connectivity index (χ0n) is 16.3. The van der Waals surface area contributed by atoms with Crippen molar-refractivity contribution in [2.75, 3.05) is 13.2 Å². The standard InChI is InChI=1S/C23H22FN3O2S/c24-16-8-6-15(7-9-16)19-10-11-20(29-19)22-21(18-5-1-2-12-25-18)26-23(30)27(22)14-17-4-3-13-28-17/h1-2,5-12,17,21-22H,3-4,13-14H2,(H,26,30)/t17-,21+,22+/m0/s1. The van der Waals surface area contributed by atoms with Crippen LogP contribution in [0.3, 0.4) is 0 Å². The third-order valence-corrected chi connectivity index (χ3v) is 6.02. The fourth-order valence-electron chi connectivity index (χ4n) is 4.20. The van der Waals surface area contributed by atoms with E-state index < -0.39 is 0 Å². The van der Waals surface area contributed by atoms with Crippen LogP contribution in [0.4, 0.5) is 4.39 Å². The first-order chi connectivity index (χ1) is 14.7. The highest BCUT2D eigenvalue weighted by Gasteiger charge is 2.42. The van der Waals surface area contributed by atoms with Gasteiger partial charge in [0.1, 0.15) is 23.4 Å². The van der Waals surface area contributed by atoms with Crippen molar-refractivity contribution in [1.29, 1.82) is 0 Å². The molecule has 0 saturated carbocycles. The third kappa shape index (κ3) is 3.70. The van der Waals surface area contributed by atoms with Crippen LogP contribution in [0, 0.1) is 5.82 Å². The van der Waals surface area contributed by atoms with E-state index in [1.165, 1.54) is 12.1 Å². The molecule has 5 nitrogen and oxygen atoms in total. The van der Waals surface area contributed by atoms with Crippen molar-refractivity contribution in [2.45, 2.75) is 31.0 Å². The summed E-state index contributed by atoms with van der Waals surface area (Å²) in [5.41, 5.74) is 1.73. The molecule has 2 aromatic heterocycles. The Morgan fingerprint density at radius 1 is 1.13 bits per heavy atom. The molecule has 30 heavy (non-hydrogen) atoms. The van der Waals surface area contributed by atoms with Crippen LogP contribution in [0.5, 0.6) is 0 Å². The molecule has 2 aliphatic rings. The molecule has 0 spiro atoms. The van der Waals surface area contributed by atoms with Gasteiger partial charge in [0.2, 0.25) is 0 Å². The van der Waals surface area contributed by atoms with Crippen molar-refractivity contribution >= 4 is 17.3 Å². The van der Waals surface area contributed by atoms with E-state index in [9.17, 15) is 4.39 Å². The molecule has 3 aromatic rings. The van der Waals surface area contributed by atoms with Crippen molar-refractivity contribution < 1.29 is 13.5 Å². The van der Waals surface area contributed by atoms with Crippen LogP contribution in [0.15, 0.2) is 65.2 Å². The Kier molecular flexibility index (Phi) is 5.23. The topological polar surface area (TPSA) is 50.5 Å². The summed E-state index contributed by atoms with van der Waals surface area (Å²) < 4.78 is 25.4. The first-order valence-corrected chi connectivity index (χ1v) is 10.6. The van der Waals surface area contributed by atoms with E-state index in [2.05, 4.69) is 15.2 Å². The van der Waals surface area contributed by atoms with Gasteiger partial charge >= 0.3 is 0 Å². The summed E-state index contributed by atoms with van der Waals surface area (Å²) in [6, 6.07) is 15.8. The average Bonchev–Trinajstić information content (AvgIpc) is 3.51. The van der Waals surface area contributed by atoms with E-state index in [4.69, 9.17) is 21.4 Å². The predicted octanol–water partition coefficient (Wildman–Crippen LogP) is 4.63. The van der Waals surface area contributed by atoms with Gasteiger partial charge in [-0.3, -0.25) is 4.98 Å². The molecule has 154 valence electrons. The number of nitrogens with one attached hydrogen (secondary N) is 1. The molecule has 5 rings (SSSR count). The summed E-state index contributed by atoms with van der Waals surface area (Å²) in [6.07, 6.45) is 4.04. The maximum atomic E-state index is 13.3. The van der Waals surface area contributed by atoms with Gasteiger partial charge in [-0.2, -0.15) is 0 Å². The second-order valence-corrected chi connectivity index (χ2v) is 8.01. The molecule has 2 fully saturated rings. The van der Waals surface area contributed by atoms with E-state index in [0.717, 1.165) is 36.5 Å². The molecule has 7 heteroatoms. The molecule has 4 heterocycles. The Balaban J connectivity index is 1.50. The first-order valence-electron chi connectivity index (χ1n) is 10.1. The van der Waals surface area contributed by atoms with E-state index >= 15 is 0 Å². The van der Waals surface area contributed by atoms with Gasteiger partial charge in [0.05, 0.1) is 17.8 Å². The summed E-state index contributed by atoms with van der Waals surface area (Å²) >= 11 is 5.69. The molecule has 2 saturated heterocycles. The van der Waals surface area contributed by atoms with Crippen LogP contribution in [0.2, 0.25) is 0 Å². The zero-order valence-corrected chi connectivity index (χ0v) is 17.1. The normalized spacial score (nSPS) is 23.7. The van der Waals surface area contributed by atoms with Crippen LogP contribution in [-0.2, 0) is 4.74 Å². The third-order valence-electron chi connectivity index (χ3n) is 5.67. The Bertz CT molecular complexity index is 1020. The number of hydrogen-bond donors (Lipinski definition) is 1. The number of furan rings is 1. The lowest BCUT2D eigenvalue weighted by Crippen LogP contribution is -2.36. The van der Waals surface area contributed by atoms with Gasteiger partial charge < -0.3 is 19.4 Å². The number of hydrogen-bond acceptors (Lipinski definition) is 4. The van der Waals surface area contributed by atoms with E-state index in [-0.39, 0.29) is 24.0 Å². The summed E-state index contributed by atoms with van der Waals surface area (Å²) in [5.74, 6) is 1.21. The highest BCUT2D eigenvalue weighted by molar-refractivity contribution is 7.80. The average molecular weight is 424 g/mol. The van der Waals surface area contributed by atoms with Gasteiger partial charge in [-0.05, 0) is 73.6 Å². The molecule has 0 amide bonds. The monoisotopic (exact) mass is 423 g/mol. The molecule has 2 aliphatic heterocycles. The summed E-state index contributed by atoms with van der Waals surface area (Å²) in [6.45, 7) is 1.49. The maximum Gasteiger partial charge on any atom is 0.170 e. The van der Waals surface area contributed by atoms with Gasteiger partial charge in [-0.1, -0.05) is 6.07 Å². The number of thiocarbonyl (C=S) groups is 1. The smallest absolute Gasteiger partial charge is 0.170 e. The van der Waals surface area contributed by atoms with Crippen molar-refractivity contribution in [3.05, 3.63) is 78.1 Å². The number of rotatable bonds is 5. The van der Waals surface area contributed by atoms with Crippen LogP contribution in [0.25, 0.3) is 11.3 Å². The fraction of sp³-hybridized carbons (Fsp3) is 0.304. The first kappa shape index (κ1) is 19.2. The highest BCUT2D eigenvalue weighted by Crippen LogP contribution is 2.41. The van der Waals surface area contributed by atoms with E-state index in [1.54, 1.807) is 18.3 Å². The van der Waals surface area contributed by atoms with Crippen molar-refractivity contribution in [3.8, 4) is 11.3 Å². The predicted molar refractivity (Wildman–Crippen MR) is 115 cm³/mol. The van der Waals surface area contributed by atoms with Crippen molar-refractivity contribution in [2.24, 2.45) is 0 Å². The molecular weight excluding hydrogens is 401 g/mol. The lowest BCUT2D eigenvalue weighted by molar-refractivity contribution is 0.0818. The van der Waals surface area contributed by atoms with Crippen LogP contribution >= 0.6 is 12.2 Å². The highest BCUT2D eigenvalue weighted by atomic mass is 32.1. The second kappa shape index (κ2) is 8.16. The summed E-state index contributed by atoms with van der Waals surface area (Å²) in [4.78, 5) is 6.70. The minimum atomic E-state index is -0.270. The number of aromatic nitrogens is 1. The number of halogens is 1. The van der Waals surface area contributed by atoms with Gasteiger partial charge in [0.15, 0.2) is 5.11 Å². The van der Waals surface area contributed by atoms with Crippen molar-refractivity contribution in [3.63, 3.8) is 0 Å². The minimum absolute atomic E-state index is 0.132. The Hall–Kier alpha value is -2.77. The lowest BCUT2D eigenvalue weighted by Gasteiger charge is -2.28. The molecule has 0 bridgehead atoms. The minimum Gasteiger partial charge on any atom is -0.459 e. The van der Waals surface area contributed by atoms with Gasteiger partial charge in [-0.15, -0.1) is 0 Å². The number of benzene rings is 1. The van der Waals surface area contributed by atoms with E-state index in [0.29, 0.717) is 17.4 Å². The maximum absolute atomic E-state index is 13.3. The second-order valence-electron chi connectivity index (χ2n) is 7.62. The fourth-order valence-corrected chi connectivity index (χ4v) is 4.51. The molecule has 3 atom stereocenters. The number of pyridine rings is 1. The number of nitrogens with zero attached hydrogens (tertiary/aromatic N) is 2. The zero-order chi connectivity index (χ0) is 20.5. The summed E-state index contributed by atoms with van der Waals surface area (Å²) in [5, 5.41) is 4.10. The van der Waals surface area contributed by atoms with Gasteiger partial charge in [0.25, 0.3) is 0 Å². The molecule has 0 aliphatic carbocycles. The Morgan fingerprint density at radius 2 is 2.00 bits per heavy atom. The quantitative estimate of drug-likeness (QED) is 0.604.